The first-order chi connectivity index (χ1) is 13.0. The Balaban J connectivity index is 2.06. The molecule has 2 aromatic heterocycles. The molecule has 0 unspecified atom stereocenters. The maximum Gasteiger partial charge on any atom is 0.267 e. The molecule has 0 saturated carbocycles. The lowest BCUT2D eigenvalue weighted by Gasteiger charge is -2.16. The highest BCUT2D eigenvalue weighted by atomic mass is 32.2. The molecule has 138 valence electrons. The van der Waals surface area contributed by atoms with Crippen LogP contribution in [0.5, 0.6) is 0 Å². The fourth-order valence-electron chi connectivity index (χ4n) is 3.62. The summed E-state index contributed by atoms with van der Waals surface area (Å²) < 4.78 is 1.73. The van der Waals surface area contributed by atoms with E-state index in [1.54, 1.807) is 15.9 Å². The Labute approximate surface area is 166 Å². The molecule has 0 radical (unpaired) electrons. The van der Waals surface area contributed by atoms with Gasteiger partial charge in [-0.25, -0.2) is 4.98 Å². The Morgan fingerprint density at radius 2 is 2.07 bits per heavy atom. The SMILES string of the molecule is Cc1ccc(C)c(-n2c(S[C@H](C)C#N)nc3sc4c(c3c2=O)CCCC4)c1. The van der Waals surface area contributed by atoms with Gasteiger partial charge in [0.05, 0.1) is 22.4 Å². The number of benzene rings is 1. The highest BCUT2D eigenvalue weighted by molar-refractivity contribution is 8.00. The van der Waals surface area contributed by atoms with E-state index in [-0.39, 0.29) is 10.8 Å². The number of thiophene rings is 1. The average molecular weight is 396 g/mol. The lowest BCUT2D eigenvalue weighted by molar-refractivity contribution is 0.699. The van der Waals surface area contributed by atoms with E-state index in [4.69, 9.17) is 4.98 Å². The van der Waals surface area contributed by atoms with Crippen molar-refractivity contribution < 1.29 is 0 Å². The van der Waals surface area contributed by atoms with Gasteiger partial charge in [-0.15, -0.1) is 11.3 Å². The van der Waals surface area contributed by atoms with Crippen LogP contribution in [0.4, 0.5) is 0 Å². The Kier molecular flexibility index (Phi) is 4.83. The van der Waals surface area contributed by atoms with Crippen LogP contribution in [0.1, 0.15) is 41.3 Å². The van der Waals surface area contributed by atoms with Crippen LogP contribution in [0.15, 0.2) is 28.2 Å². The molecule has 1 aliphatic carbocycles. The summed E-state index contributed by atoms with van der Waals surface area (Å²) in [6.45, 7) is 5.88. The second kappa shape index (κ2) is 7.14. The third-order valence-electron chi connectivity index (χ3n) is 5.03. The summed E-state index contributed by atoms with van der Waals surface area (Å²) in [5.41, 5.74) is 4.18. The normalized spacial score (nSPS) is 14.7. The van der Waals surface area contributed by atoms with Crippen molar-refractivity contribution in [3.05, 3.63) is 50.1 Å². The lowest BCUT2D eigenvalue weighted by Crippen LogP contribution is -2.23. The van der Waals surface area contributed by atoms with Crippen LogP contribution >= 0.6 is 23.1 Å². The van der Waals surface area contributed by atoms with Crippen molar-refractivity contribution in [2.24, 2.45) is 0 Å². The van der Waals surface area contributed by atoms with Crippen LogP contribution in [-0.4, -0.2) is 14.8 Å². The quantitative estimate of drug-likeness (QED) is 0.465. The second-order valence-electron chi connectivity index (χ2n) is 7.11. The van der Waals surface area contributed by atoms with Gasteiger partial charge >= 0.3 is 0 Å². The van der Waals surface area contributed by atoms with Crippen LogP contribution in [0.2, 0.25) is 0 Å². The van der Waals surface area contributed by atoms with Gasteiger partial charge < -0.3 is 0 Å². The van der Waals surface area contributed by atoms with Gasteiger partial charge in [0.25, 0.3) is 5.56 Å². The van der Waals surface area contributed by atoms with Crippen molar-refractivity contribution in [2.45, 2.75) is 56.9 Å². The number of fused-ring (bicyclic) bond motifs is 3. The number of rotatable bonds is 3. The fourth-order valence-corrected chi connectivity index (χ4v) is 5.73. The first kappa shape index (κ1) is 18.3. The minimum Gasteiger partial charge on any atom is -0.268 e. The van der Waals surface area contributed by atoms with E-state index in [1.165, 1.54) is 28.6 Å². The van der Waals surface area contributed by atoms with Gasteiger partial charge in [-0.05, 0) is 69.2 Å². The predicted octanol–water partition coefficient (Wildman–Crippen LogP) is 4.95. The van der Waals surface area contributed by atoms with Crippen molar-refractivity contribution in [1.82, 2.24) is 9.55 Å². The molecule has 4 nitrogen and oxygen atoms in total. The van der Waals surface area contributed by atoms with Crippen molar-refractivity contribution in [3.8, 4) is 11.8 Å². The zero-order chi connectivity index (χ0) is 19.1. The third kappa shape index (κ3) is 3.19. The number of hydrogen-bond donors (Lipinski definition) is 0. The second-order valence-corrected chi connectivity index (χ2v) is 9.50. The monoisotopic (exact) mass is 395 g/mol. The Bertz CT molecular complexity index is 1140. The van der Waals surface area contributed by atoms with Crippen LogP contribution in [0.3, 0.4) is 0 Å². The summed E-state index contributed by atoms with van der Waals surface area (Å²) >= 11 is 3.01. The first-order valence-corrected chi connectivity index (χ1v) is 10.9. The number of nitriles is 1. The van der Waals surface area contributed by atoms with Crippen LogP contribution in [0, 0.1) is 25.2 Å². The molecule has 0 N–H and O–H groups in total. The summed E-state index contributed by atoms with van der Waals surface area (Å²) in [5.74, 6) is 0. The lowest BCUT2D eigenvalue weighted by atomic mass is 9.97. The zero-order valence-electron chi connectivity index (χ0n) is 15.7. The number of aromatic nitrogens is 2. The number of thioether (sulfide) groups is 1. The molecule has 0 spiro atoms. The van der Waals surface area contributed by atoms with Crippen LogP contribution < -0.4 is 5.56 Å². The predicted molar refractivity (Wildman–Crippen MR) is 112 cm³/mol. The molecule has 0 aliphatic heterocycles. The van der Waals surface area contributed by atoms with Gasteiger partial charge in [0.1, 0.15) is 4.83 Å². The van der Waals surface area contributed by atoms with Gasteiger partial charge in [0.2, 0.25) is 0 Å². The van der Waals surface area contributed by atoms with Crippen molar-refractivity contribution in [3.63, 3.8) is 0 Å². The summed E-state index contributed by atoms with van der Waals surface area (Å²) in [6.07, 6.45) is 4.30. The minimum atomic E-state index is -0.277. The number of nitrogens with zero attached hydrogens (tertiary/aromatic N) is 3. The number of hydrogen-bond acceptors (Lipinski definition) is 5. The third-order valence-corrected chi connectivity index (χ3v) is 7.16. The molecular formula is C21H21N3OS2. The van der Waals surface area contributed by atoms with Crippen molar-refractivity contribution in [2.75, 3.05) is 0 Å². The average Bonchev–Trinajstić information content (AvgIpc) is 3.02. The summed E-state index contributed by atoms with van der Waals surface area (Å²) in [5, 5.41) is 10.4. The maximum absolute atomic E-state index is 13.6. The van der Waals surface area contributed by atoms with Crippen molar-refractivity contribution in [1.29, 1.82) is 5.26 Å². The molecule has 27 heavy (non-hydrogen) atoms. The highest BCUT2D eigenvalue weighted by Crippen LogP contribution is 2.36. The van der Waals surface area contributed by atoms with Gasteiger partial charge in [0.15, 0.2) is 5.16 Å². The molecule has 1 aliphatic rings. The molecule has 3 aromatic rings. The summed E-state index contributed by atoms with van der Waals surface area (Å²) in [7, 11) is 0. The van der Waals surface area contributed by atoms with E-state index in [0.717, 1.165) is 46.3 Å². The Morgan fingerprint density at radius 3 is 2.85 bits per heavy atom. The van der Waals surface area contributed by atoms with E-state index in [0.29, 0.717) is 5.16 Å². The standard InChI is InChI=1S/C21H21N3OS2/c1-12-8-9-13(2)16(10-12)24-20(25)18-15-6-4-5-7-17(15)27-19(18)23-21(24)26-14(3)11-22/h8-10,14H,4-7H2,1-3H3/t14-/m1/s1. The minimum absolute atomic E-state index is 0.000685. The Hall–Kier alpha value is -2.10. The topological polar surface area (TPSA) is 58.7 Å². The summed E-state index contributed by atoms with van der Waals surface area (Å²) in [4.78, 5) is 20.6. The van der Waals surface area contributed by atoms with Gasteiger partial charge in [-0.2, -0.15) is 5.26 Å². The Morgan fingerprint density at radius 1 is 1.30 bits per heavy atom. The van der Waals surface area contributed by atoms with Gasteiger partial charge in [-0.3, -0.25) is 9.36 Å². The number of aryl methyl sites for hydroxylation is 4. The zero-order valence-corrected chi connectivity index (χ0v) is 17.3. The fraction of sp³-hybridized carbons (Fsp3) is 0.381. The summed E-state index contributed by atoms with van der Waals surface area (Å²) in [6, 6.07) is 8.36. The molecule has 6 heteroatoms. The smallest absolute Gasteiger partial charge is 0.267 e. The molecule has 1 aromatic carbocycles. The molecule has 1 atom stereocenters. The molecule has 2 heterocycles. The molecule has 4 rings (SSSR count). The molecule has 0 amide bonds. The van der Waals surface area contributed by atoms with E-state index in [9.17, 15) is 10.1 Å². The van der Waals surface area contributed by atoms with Crippen LogP contribution in [0.25, 0.3) is 15.9 Å². The van der Waals surface area contributed by atoms with E-state index < -0.39 is 0 Å². The highest BCUT2D eigenvalue weighted by Gasteiger charge is 2.24. The maximum atomic E-state index is 13.6. The van der Waals surface area contributed by atoms with Gasteiger partial charge in [0, 0.05) is 4.88 Å². The van der Waals surface area contributed by atoms with E-state index in [2.05, 4.69) is 6.07 Å². The molecule has 0 bridgehead atoms. The molecule has 0 saturated heterocycles. The van der Waals surface area contributed by atoms with Gasteiger partial charge in [-0.1, -0.05) is 23.9 Å². The van der Waals surface area contributed by atoms with Crippen molar-refractivity contribution >= 4 is 33.3 Å². The molecule has 0 fully saturated rings. The largest absolute Gasteiger partial charge is 0.268 e. The molecular weight excluding hydrogens is 374 g/mol. The van der Waals surface area contributed by atoms with Crippen LogP contribution in [-0.2, 0) is 12.8 Å². The van der Waals surface area contributed by atoms with E-state index in [1.807, 2.05) is 39.0 Å². The first-order valence-electron chi connectivity index (χ1n) is 9.21. The van der Waals surface area contributed by atoms with E-state index >= 15 is 0 Å².